The Kier molecular flexibility index (Phi) is 7.95. The zero-order chi connectivity index (χ0) is 18.1. The summed E-state index contributed by atoms with van der Waals surface area (Å²) in [5, 5.41) is 5.36. The van der Waals surface area contributed by atoms with E-state index in [0.29, 0.717) is 12.0 Å². The highest BCUT2D eigenvalue weighted by molar-refractivity contribution is 5.94. The van der Waals surface area contributed by atoms with Crippen LogP contribution in [0.3, 0.4) is 0 Å². The number of aryl methyl sites for hydroxylation is 1. The lowest BCUT2D eigenvalue weighted by molar-refractivity contribution is -0.145. The van der Waals surface area contributed by atoms with Crippen molar-refractivity contribution in [3.8, 4) is 0 Å². The van der Waals surface area contributed by atoms with Crippen LogP contribution >= 0.6 is 0 Å². The van der Waals surface area contributed by atoms with Gasteiger partial charge in [0.2, 0.25) is 5.91 Å². The van der Waals surface area contributed by atoms with Crippen LogP contribution in [0.5, 0.6) is 0 Å². The minimum atomic E-state index is -0.657. The molecule has 0 heterocycles. The van der Waals surface area contributed by atoms with Crippen molar-refractivity contribution in [3.63, 3.8) is 0 Å². The van der Waals surface area contributed by atoms with Crippen LogP contribution in [-0.2, 0) is 14.3 Å². The maximum Gasteiger partial charge on any atom is 0.328 e. The lowest BCUT2D eigenvalue weighted by atomic mass is 10.0. The second kappa shape index (κ2) is 9.70. The summed E-state index contributed by atoms with van der Waals surface area (Å²) in [6.45, 7) is 6.04. The summed E-state index contributed by atoms with van der Waals surface area (Å²) in [5.41, 5.74) is 1.55. The molecule has 0 radical (unpaired) electrons. The molecule has 2 amide bonds. The molecule has 0 saturated carbocycles. The smallest absolute Gasteiger partial charge is 0.328 e. The van der Waals surface area contributed by atoms with Crippen LogP contribution in [0.15, 0.2) is 24.3 Å². The average molecular weight is 334 g/mol. The number of ether oxygens (including phenoxy) is 1. The average Bonchev–Trinajstić information content (AvgIpc) is 2.52. The monoisotopic (exact) mass is 334 g/mol. The first-order valence-electron chi connectivity index (χ1n) is 8.05. The summed E-state index contributed by atoms with van der Waals surface area (Å²) >= 11 is 0. The predicted molar refractivity (Wildman–Crippen MR) is 91.5 cm³/mol. The second-order valence-corrected chi connectivity index (χ2v) is 6.15. The topological polar surface area (TPSA) is 84.5 Å². The van der Waals surface area contributed by atoms with Crippen LogP contribution in [0.25, 0.3) is 0 Å². The summed E-state index contributed by atoms with van der Waals surface area (Å²) in [5.74, 6) is -0.731. The first-order valence-corrected chi connectivity index (χ1v) is 8.05. The van der Waals surface area contributed by atoms with Crippen LogP contribution in [0.2, 0.25) is 0 Å². The van der Waals surface area contributed by atoms with E-state index in [0.717, 1.165) is 5.56 Å². The highest BCUT2D eigenvalue weighted by Gasteiger charge is 2.22. The Hall–Kier alpha value is -2.37. The molecule has 0 aliphatic heterocycles. The van der Waals surface area contributed by atoms with Crippen LogP contribution in [-0.4, -0.2) is 37.5 Å². The number of hydrogen-bond acceptors (Lipinski definition) is 4. The molecule has 0 saturated heterocycles. The van der Waals surface area contributed by atoms with E-state index in [1.165, 1.54) is 7.11 Å². The highest BCUT2D eigenvalue weighted by Crippen LogP contribution is 2.07. The lowest BCUT2D eigenvalue weighted by Crippen LogP contribution is -2.43. The van der Waals surface area contributed by atoms with E-state index in [1.54, 1.807) is 12.1 Å². The molecule has 1 aromatic carbocycles. The predicted octanol–water partition coefficient (Wildman–Crippen LogP) is 1.82. The number of methoxy groups -OCH3 is 1. The van der Waals surface area contributed by atoms with Gasteiger partial charge in [-0.15, -0.1) is 0 Å². The summed E-state index contributed by atoms with van der Waals surface area (Å²) in [7, 11) is 1.30. The number of amides is 2. The molecule has 0 aliphatic rings. The van der Waals surface area contributed by atoms with Gasteiger partial charge in [-0.1, -0.05) is 31.5 Å². The van der Waals surface area contributed by atoms with Gasteiger partial charge in [-0.25, -0.2) is 4.79 Å². The highest BCUT2D eigenvalue weighted by atomic mass is 16.5. The van der Waals surface area contributed by atoms with Crippen molar-refractivity contribution < 1.29 is 19.1 Å². The summed E-state index contributed by atoms with van der Waals surface area (Å²) in [4.78, 5) is 35.6. The van der Waals surface area contributed by atoms with Gasteiger partial charge in [0.05, 0.1) is 7.11 Å². The Morgan fingerprint density at radius 1 is 1.21 bits per heavy atom. The molecule has 0 aliphatic carbocycles. The molecule has 0 fully saturated rings. The SMILES string of the molecule is COC(=O)C(CC(C)C)NC(=O)CCNC(=O)c1cccc(C)c1. The molecule has 1 aromatic rings. The van der Waals surface area contributed by atoms with Crippen LogP contribution in [0.1, 0.15) is 42.6 Å². The van der Waals surface area contributed by atoms with Gasteiger partial charge in [0, 0.05) is 18.5 Å². The summed E-state index contributed by atoms with van der Waals surface area (Å²) in [6, 6.07) is 6.56. The summed E-state index contributed by atoms with van der Waals surface area (Å²) < 4.78 is 4.70. The van der Waals surface area contributed by atoms with E-state index in [1.807, 2.05) is 32.9 Å². The normalized spacial score (nSPS) is 11.7. The fourth-order valence-electron chi connectivity index (χ4n) is 2.27. The third kappa shape index (κ3) is 6.81. The standard InChI is InChI=1S/C18H26N2O4/c1-12(2)10-15(18(23)24-4)20-16(21)8-9-19-17(22)14-7-5-6-13(3)11-14/h5-7,11-12,15H,8-10H2,1-4H3,(H,19,22)(H,20,21). The fourth-order valence-corrected chi connectivity index (χ4v) is 2.27. The van der Waals surface area contributed by atoms with Gasteiger partial charge in [0.1, 0.15) is 6.04 Å². The Balaban J connectivity index is 2.44. The van der Waals surface area contributed by atoms with E-state index in [-0.39, 0.29) is 30.7 Å². The molecule has 1 rings (SSSR count). The van der Waals surface area contributed by atoms with E-state index >= 15 is 0 Å². The van der Waals surface area contributed by atoms with E-state index in [4.69, 9.17) is 4.74 Å². The van der Waals surface area contributed by atoms with Gasteiger partial charge < -0.3 is 15.4 Å². The quantitative estimate of drug-likeness (QED) is 0.710. The van der Waals surface area contributed by atoms with Crippen molar-refractivity contribution in [1.29, 1.82) is 0 Å². The molecule has 0 bridgehead atoms. The Bertz CT molecular complexity index is 584. The van der Waals surface area contributed by atoms with Gasteiger partial charge in [-0.3, -0.25) is 9.59 Å². The van der Waals surface area contributed by atoms with E-state index < -0.39 is 12.0 Å². The molecule has 1 unspecified atom stereocenters. The molecule has 6 nitrogen and oxygen atoms in total. The number of carbonyl (C=O) groups is 3. The second-order valence-electron chi connectivity index (χ2n) is 6.15. The number of esters is 1. The van der Waals surface area contributed by atoms with Crippen LogP contribution in [0, 0.1) is 12.8 Å². The Morgan fingerprint density at radius 3 is 2.50 bits per heavy atom. The first kappa shape index (κ1) is 19.7. The van der Waals surface area contributed by atoms with Crippen LogP contribution < -0.4 is 10.6 Å². The molecule has 2 N–H and O–H groups in total. The number of rotatable bonds is 8. The van der Waals surface area contributed by atoms with Gasteiger partial charge in [0.15, 0.2) is 0 Å². The van der Waals surface area contributed by atoms with Crippen molar-refractivity contribution in [1.82, 2.24) is 10.6 Å². The maximum absolute atomic E-state index is 12.0. The Morgan fingerprint density at radius 2 is 1.92 bits per heavy atom. The minimum absolute atomic E-state index is 0.100. The lowest BCUT2D eigenvalue weighted by Gasteiger charge is -2.18. The van der Waals surface area contributed by atoms with Gasteiger partial charge in [0.25, 0.3) is 5.91 Å². The van der Waals surface area contributed by atoms with Crippen molar-refractivity contribution >= 4 is 17.8 Å². The van der Waals surface area contributed by atoms with E-state index in [9.17, 15) is 14.4 Å². The first-order chi connectivity index (χ1) is 11.3. The minimum Gasteiger partial charge on any atom is -0.467 e. The van der Waals surface area contributed by atoms with Crippen LogP contribution in [0.4, 0.5) is 0 Å². The number of hydrogen-bond donors (Lipinski definition) is 2. The molecule has 132 valence electrons. The number of benzene rings is 1. The Labute approximate surface area is 143 Å². The van der Waals surface area contributed by atoms with Crippen molar-refractivity contribution in [3.05, 3.63) is 35.4 Å². The van der Waals surface area contributed by atoms with Gasteiger partial charge >= 0.3 is 5.97 Å². The van der Waals surface area contributed by atoms with Crippen molar-refractivity contribution in [2.24, 2.45) is 5.92 Å². The van der Waals surface area contributed by atoms with Crippen molar-refractivity contribution in [2.45, 2.75) is 39.7 Å². The third-order valence-electron chi connectivity index (χ3n) is 3.45. The largest absolute Gasteiger partial charge is 0.467 e. The van der Waals surface area contributed by atoms with Crippen molar-refractivity contribution in [2.75, 3.05) is 13.7 Å². The maximum atomic E-state index is 12.0. The molecule has 0 aromatic heterocycles. The fraction of sp³-hybridized carbons (Fsp3) is 0.500. The zero-order valence-electron chi connectivity index (χ0n) is 14.7. The number of carbonyl (C=O) groups excluding carboxylic acids is 3. The molecular formula is C18H26N2O4. The molecule has 0 spiro atoms. The summed E-state index contributed by atoms with van der Waals surface area (Å²) in [6.07, 6.45) is 0.608. The van der Waals surface area contributed by atoms with Gasteiger partial charge in [-0.2, -0.15) is 0 Å². The van der Waals surface area contributed by atoms with E-state index in [2.05, 4.69) is 10.6 Å². The third-order valence-corrected chi connectivity index (χ3v) is 3.45. The molecule has 6 heteroatoms. The molecule has 1 atom stereocenters. The molecule has 24 heavy (non-hydrogen) atoms. The zero-order valence-corrected chi connectivity index (χ0v) is 14.7. The van der Waals surface area contributed by atoms with Gasteiger partial charge in [-0.05, 0) is 31.4 Å². The number of nitrogens with one attached hydrogen (secondary N) is 2. The molecular weight excluding hydrogens is 308 g/mol.